The molecule has 1 aromatic carbocycles. The van der Waals surface area contributed by atoms with E-state index in [0.717, 1.165) is 5.52 Å². The Balaban J connectivity index is 2.57. The summed E-state index contributed by atoms with van der Waals surface area (Å²) in [4.78, 5) is 4.18. The lowest BCUT2D eigenvalue weighted by Crippen LogP contribution is -2.29. The smallest absolute Gasteiger partial charge is 0.201 e. The molecule has 18 heavy (non-hydrogen) atoms. The molecule has 0 aliphatic rings. The fourth-order valence-corrected chi connectivity index (χ4v) is 1.88. The van der Waals surface area contributed by atoms with E-state index in [1.807, 2.05) is 18.4 Å². The first-order valence-electron chi connectivity index (χ1n) is 5.81. The molecule has 2 rings (SSSR count). The largest absolute Gasteiger partial charge is 0.377 e. The molecule has 1 heterocycles. The number of nitrogens with two attached hydrogens (primary N) is 1. The summed E-state index contributed by atoms with van der Waals surface area (Å²) in [5, 5.41) is 0. The summed E-state index contributed by atoms with van der Waals surface area (Å²) in [7, 11) is 1.65. The number of benzene rings is 1. The first-order chi connectivity index (χ1) is 8.34. The van der Waals surface area contributed by atoms with Crippen LogP contribution in [0, 0.1) is 12.7 Å². The summed E-state index contributed by atoms with van der Waals surface area (Å²) in [6.07, 6.45) is 0. The summed E-state index contributed by atoms with van der Waals surface area (Å²) < 4.78 is 20.7. The molecule has 0 saturated heterocycles. The Morgan fingerprint density at radius 3 is 2.72 bits per heavy atom. The lowest BCUT2D eigenvalue weighted by atomic mass is 10.1. The SMILES string of the molecule is COC(C)(C)Cn1c(N)nc2cc(F)c(C)cc21. The van der Waals surface area contributed by atoms with Crippen LogP contribution >= 0.6 is 0 Å². The summed E-state index contributed by atoms with van der Waals surface area (Å²) in [5.74, 6) is 0.110. The summed E-state index contributed by atoms with van der Waals surface area (Å²) in [5.41, 5.74) is 7.52. The third-order valence-electron chi connectivity index (χ3n) is 3.15. The van der Waals surface area contributed by atoms with Crippen molar-refractivity contribution in [2.75, 3.05) is 12.8 Å². The average molecular weight is 251 g/mol. The van der Waals surface area contributed by atoms with E-state index in [1.54, 1.807) is 20.1 Å². The highest BCUT2D eigenvalue weighted by molar-refractivity contribution is 5.79. The standard InChI is InChI=1S/C13H18FN3O/c1-8-5-11-10(6-9(8)14)16-12(15)17(11)7-13(2,3)18-4/h5-6H,7H2,1-4H3,(H2,15,16). The minimum atomic E-state index is -0.357. The number of aryl methyl sites for hydroxylation is 1. The molecule has 5 heteroatoms. The highest BCUT2D eigenvalue weighted by atomic mass is 19.1. The molecule has 98 valence electrons. The lowest BCUT2D eigenvalue weighted by molar-refractivity contribution is 0.00947. The van der Waals surface area contributed by atoms with E-state index < -0.39 is 0 Å². The second kappa shape index (κ2) is 4.24. The van der Waals surface area contributed by atoms with Gasteiger partial charge in [0.15, 0.2) is 0 Å². The normalized spacial score (nSPS) is 12.3. The number of nitrogens with zero attached hydrogens (tertiary/aromatic N) is 2. The second-order valence-electron chi connectivity index (χ2n) is 5.11. The van der Waals surface area contributed by atoms with Crippen LogP contribution in [0.4, 0.5) is 10.3 Å². The zero-order valence-electron chi connectivity index (χ0n) is 11.1. The average Bonchev–Trinajstić information content (AvgIpc) is 2.57. The van der Waals surface area contributed by atoms with Crippen molar-refractivity contribution in [1.29, 1.82) is 0 Å². The molecule has 0 saturated carbocycles. The van der Waals surface area contributed by atoms with E-state index in [0.29, 0.717) is 23.6 Å². The number of aromatic nitrogens is 2. The van der Waals surface area contributed by atoms with Gasteiger partial charge in [-0.15, -0.1) is 0 Å². The molecular formula is C13H18FN3O. The number of anilines is 1. The van der Waals surface area contributed by atoms with E-state index in [2.05, 4.69) is 4.98 Å². The van der Waals surface area contributed by atoms with Crippen molar-refractivity contribution in [2.24, 2.45) is 0 Å². The van der Waals surface area contributed by atoms with Crippen molar-refractivity contribution in [3.05, 3.63) is 23.5 Å². The van der Waals surface area contributed by atoms with E-state index >= 15 is 0 Å². The lowest BCUT2D eigenvalue weighted by Gasteiger charge is -2.24. The molecule has 1 aromatic heterocycles. The van der Waals surface area contributed by atoms with Gasteiger partial charge in [0, 0.05) is 13.2 Å². The van der Waals surface area contributed by atoms with Crippen LogP contribution in [-0.2, 0) is 11.3 Å². The van der Waals surface area contributed by atoms with E-state index in [-0.39, 0.29) is 11.4 Å². The van der Waals surface area contributed by atoms with Gasteiger partial charge in [0.2, 0.25) is 5.95 Å². The maximum atomic E-state index is 13.5. The van der Waals surface area contributed by atoms with Gasteiger partial charge in [0.05, 0.1) is 23.2 Å². The minimum absolute atomic E-state index is 0.266. The van der Waals surface area contributed by atoms with Gasteiger partial charge in [0.1, 0.15) is 5.82 Å². The Kier molecular flexibility index (Phi) is 3.02. The summed E-state index contributed by atoms with van der Waals surface area (Å²) in [6.45, 7) is 6.23. The number of methoxy groups -OCH3 is 1. The van der Waals surface area contributed by atoms with Crippen LogP contribution in [0.25, 0.3) is 11.0 Å². The van der Waals surface area contributed by atoms with Crippen LogP contribution in [0.1, 0.15) is 19.4 Å². The Labute approximate surface area is 106 Å². The maximum Gasteiger partial charge on any atom is 0.201 e. The molecule has 0 aliphatic heterocycles. The predicted octanol–water partition coefficient (Wildman–Crippen LogP) is 2.49. The van der Waals surface area contributed by atoms with Crippen LogP contribution in [-0.4, -0.2) is 22.3 Å². The number of hydrogen-bond acceptors (Lipinski definition) is 3. The van der Waals surface area contributed by atoms with Gasteiger partial charge in [-0.25, -0.2) is 9.37 Å². The molecule has 0 atom stereocenters. The quantitative estimate of drug-likeness (QED) is 0.911. The van der Waals surface area contributed by atoms with Gasteiger partial charge < -0.3 is 15.0 Å². The number of halogens is 1. The van der Waals surface area contributed by atoms with Crippen LogP contribution in [0.2, 0.25) is 0 Å². The molecule has 2 N–H and O–H groups in total. The fraction of sp³-hybridized carbons (Fsp3) is 0.462. The van der Waals surface area contributed by atoms with Gasteiger partial charge in [-0.05, 0) is 32.4 Å². The third kappa shape index (κ3) is 2.18. The fourth-order valence-electron chi connectivity index (χ4n) is 1.88. The molecule has 0 radical (unpaired) electrons. The Hall–Kier alpha value is -1.62. The number of rotatable bonds is 3. The second-order valence-corrected chi connectivity index (χ2v) is 5.11. The third-order valence-corrected chi connectivity index (χ3v) is 3.15. The minimum Gasteiger partial charge on any atom is -0.377 e. The number of hydrogen-bond donors (Lipinski definition) is 1. The van der Waals surface area contributed by atoms with Crippen molar-refractivity contribution in [3.63, 3.8) is 0 Å². The van der Waals surface area contributed by atoms with Crippen molar-refractivity contribution in [3.8, 4) is 0 Å². The zero-order valence-corrected chi connectivity index (χ0v) is 11.1. The molecule has 4 nitrogen and oxygen atoms in total. The molecule has 0 fully saturated rings. The molecule has 0 spiro atoms. The monoisotopic (exact) mass is 251 g/mol. The number of nitrogen functional groups attached to an aromatic ring is 1. The molecule has 2 aromatic rings. The maximum absolute atomic E-state index is 13.5. The zero-order chi connectivity index (χ0) is 13.5. The first kappa shape index (κ1) is 12.8. The number of imidazole rings is 1. The highest BCUT2D eigenvalue weighted by Gasteiger charge is 2.21. The molecule has 0 unspecified atom stereocenters. The van der Waals surface area contributed by atoms with E-state index in [4.69, 9.17) is 10.5 Å². The van der Waals surface area contributed by atoms with Crippen LogP contribution < -0.4 is 5.73 Å². The summed E-state index contributed by atoms with van der Waals surface area (Å²) >= 11 is 0. The van der Waals surface area contributed by atoms with Gasteiger partial charge in [-0.2, -0.15) is 0 Å². The molecule has 0 bridgehead atoms. The summed E-state index contributed by atoms with van der Waals surface area (Å²) in [6, 6.07) is 3.18. The number of ether oxygens (including phenoxy) is 1. The predicted molar refractivity (Wildman–Crippen MR) is 69.9 cm³/mol. The van der Waals surface area contributed by atoms with Crippen molar-refractivity contribution in [1.82, 2.24) is 9.55 Å². The van der Waals surface area contributed by atoms with Crippen molar-refractivity contribution >= 4 is 17.0 Å². The highest BCUT2D eigenvalue weighted by Crippen LogP contribution is 2.24. The molecule has 0 amide bonds. The molecule has 0 aliphatic carbocycles. The Morgan fingerprint density at radius 1 is 1.44 bits per heavy atom. The van der Waals surface area contributed by atoms with Gasteiger partial charge in [0.25, 0.3) is 0 Å². The van der Waals surface area contributed by atoms with Gasteiger partial charge in [-0.1, -0.05) is 0 Å². The van der Waals surface area contributed by atoms with E-state index in [1.165, 1.54) is 6.07 Å². The van der Waals surface area contributed by atoms with Crippen LogP contribution in [0.5, 0.6) is 0 Å². The van der Waals surface area contributed by atoms with E-state index in [9.17, 15) is 4.39 Å². The van der Waals surface area contributed by atoms with Crippen molar-refractivity contribution < 1.29 is 9.13 Å². The Bertz CT molecular complexity index is 589. The van der Waals surface area contributed by atoms with Crippen LogP contribution in [0.3, 0.4) is 0 Å². The van der Waals surface area contributed by atoms with Crippen molar-refractivity contribution in [2.45, 2.75) is 32.9 Å². The van der Waals surface area contributed by atoms with Crippen LogP contribution in [0.15, 0.2) is 12.1 Å². The Morgan fingerprint density at radius 2 is 2.11 bits per heavy atom. The topological polar surface area (TPSA) is 53.1 Å². The number of fused-ring (bicyclic) bond motifs is 1. The van der Waals surface area contributed by atoms with Gasteiger partial charge in [-0.3, -0.25) is 0 Å². The van der Waals surface area contributed by atoms with Gasteiger partial charge >= 0.3 is 0 Å². The first-order valence-corrected chi connectivity index (χ1v) is 5.81. The molecular weight excluding hydrogens is 233 g/mol.